The Morgan fingerprint density at radius 3 is 2.84 bits per heavy atom. The molecule has 4 nitrogen and oxygen atoms in total. The average Bonchev–Trinajstić information content (AvgIpc) is 2.97. The molecule has 1 aromatic rings. The number of unbranched alkanes of at least 4 members (excludes halogenated alkanes) is 1. The monoisotopic (exact) mass is 475 g/mol. The number of carbonyl (C=O) groups is 1. The quantitative estimate of drug-likeness (QED) is 0.284. The molecule has 1 heterocycles. The molecule has 32 heavy (non-hydrogen) atoms. The second-order valence-corrected chi connectivity index (χ2v) is 11.0. The fourth-order valence-electron chi connectivity index (χ4n) is 4.20. The fraction of sp³-hybridized carbons (Fsp3) is 0.577. The Balaban J connectivity index is 1.96. The molecule has 0 fully saturated rings. The molecule has 1 aromatic carbocycles. The zero-order chi connectivity index (χ0) is 23.1. The SMILES string of the molecule is CCCC[C@]1(C)CSc2cc(OCC(C)C(=O)OC)c(SC)cc2N(C2=CC=CCC2)C1. The van der Waals surface area contributed by atoms with Gasteiger partial charge in [0, 0.05) is 22.9 Å². The standard InChI is InChI=1S/C26H37NO3S2/c1-6-7-13-26(3)17-27(20-11-9-8-10-12-20)21-14-24(31-5)22(15-23(21)32-18-26)30-16-19(2)25(28)29-4/h8-9,11,14-15,19H,6-7,10,12-13,16-18H2,1-5H3/t19?,26-/m0/s1. The number of nitrogens with zero attached hydrogens (tertiary/aromatic N) is 1. The summed E-state index contributed by atoms with van der Waals surface area (Å²) in [6, 6.07) is 4.48. The topological polar surface area (TPSA) is 38.8 Å². The summed E-state index contributed by atoms with van der Waals surface area (Å²) in [5.41, 5.74) is 2.94. The summed E-state index contributed by atoms with van der Waals surface area (Å²) in [6.45, 7) is 7.92. The number of esters is 1. The number of anilines is 1. The van der Waals surface area contributed by atoms with E-state index < -0.39 is 0 Å². The summed E-state index contributed by atoms with van der Waals surface area (Å²) in [7, 11) is 1.42. The van der Waals surface area contributed by atoms with E-state index in [0.717, 1.165) is 35.8 Å². The molecular weight excluding hydrogens is 438 g/mol. The Labute approximate surface area is 202 Å². The van der Waals surface area contributed by atoms with Crippen molar-refractivity contribution in [3.8, 4) is 5.75 Å². The first-order chi connectivity index (χ1) is 15.4. The highest BCUT2D eigenvalue weighted by molar-refractivity contribution is 7.99. The van der Waals surface area contributed by atoms with E-state index in [4.69, 9.17) is 9.47 Å². The van der Waals surface area contributed by atoms with E-state index in [-0.39, 0.29) is 17.3 Å². The summed E-state index contributed by atoms with van der Waals surface area (Å²) < 4.78 is 11.0. The van der Waals surface area contributed by atoms with Crippen molar-refractivity contribution in [2.75, 3.05) is 37.2 Å². The molecule has 0 amide bonds. The number of benzene rings is 1. The van der Waals surface area contributed by atoms with Crippen LogP contribution in [0.4, 0.5) is 5.69 Å². The van der Waals surface area contributed by atoms with Crippen LogP contribution in [0.5, 0.6) is 5.75 Å². The highest BCUT2D eigenvalue weighted by atomic mass is 32.2. The number of fused-ring (bicyclic) bond motifs is 1. The zero-order valence-corrected chi connectivity index (χ0v) is 21.7. The summed E-state index contributed by atoms with van der Waals surface area (Å²) in [5, 5.41) is 0. The molecule has 0 bridgehead atoms. The Bertz CT molecular complexity index is 867. The van der Waals surface area contributed by atoms with Gasteiger partial charge in [-0.1, -0.05) is 38.8 Å². The number of ether oxygens (including phenoxy) is 2. The smallest absolute Gasteiger partial charge is 0.311 e. The summed E-state index contributed by atoms with van der Waals surface area (Å²) in [5.74, 6) is 1.41. The van der Waals surface area contributed by atoms with Gasteiger partial charge in [-0.3, -0.25) is 4.79 Å². The van der Waals surface area contributed by atoms with E-state index >= 15 is 0 Å². The molecule has 2 atom stereocenters. The maximum Gasteiger partial charge on any atom is 0.311 e. The lowest BCUT2D eigenvalue weighted by atomic mass is 9.85. The molecule has 2 aliphatic rings. The Kier molecular flexibility index (Phi) is 9.06. The first kappa shape index (κ1) is 25.1. The van der Waals surface area contributed by atoms with E-state index in [1.807, 2.05) is 18.7 Å². The molecule has 0 saturated heterocycles. The summed E-state index contributed by atoms with van der Waals surface area (Å²) in [6.07, 6.45) is 14.7. The fourth-order valence-corrected chi connectivity index (χ4v) is 6.00. The van der Waals surface area contributed by atoms with Crippen molar-refractivity contribution in [2.45, 2.75) is 62.7 Å². The van der Waals surface area contributed by atoms with Gasteiger partial charge in [0.2, 0.25) is 0 Å². The number of thioether (sulfide) groups is 2. The second kappa shape index (κ2) is 11.6. The van der Waals surface area contributed by atoms with Crippen LogP contribution in [0.3, 0.4) is 0 Å². The van der Waals surface area contributed by atoms with Crippen LogP contribution in [0.25, 0.3) is 0 Å². The summed E-state index contributed by atoms with van der Waals surface area (Å²) >= 11 is 3.64. The van der Waals surface area contributed by atoms with Crippen molar-refractivity contribution < 1.29 is 14.3 Å². The maximum absolute atomic E-state index is 11.8. The van der Waals surface area contributed by atoms with Gasteiger partial charge in [-0.15, -0.1) is 23.5 Å². The Hall–Kier alpha value is -1.53. The summed E-state index contributed by atoms with van der Waals surface area (Å²) in [4.78, 5) is 16.7. The van der Waals surface area contributed by atoms with Gasteiger partial charge in [0.1, 0.15) is 12.4 Å². The van der Waals surface area contributed by atoms with Crippen molar-refractivity contribution >= 4 is 35.2 Å². The molecule has 1 aliphatic carbocycles. The minimum Gasteiger partial charge on any atom is -0.491 e. The molecule has 6 heteroatoms. The van der Waals surface area contributed by atoms with Crippen molar-refractivity contribution in [3.05, 3.63) is 36.1 Å². The van der Waals surface area contributed by atoms with E-state index in [9.17, 15) is 4.79 Å². The molecule has 1 unspecified atom stereocenters. The number of methoxy groups -OCH3 is 1. The van der Waals surface area contributed by atoms with E-state index in [2.05, 4.69) is 55.4 Å². The lowest BCUT2D eigenvalue weighted by Gasteiger charge is -2.36. The molecular formula is C26H37NO3S2. The number of hydrogen-bond donors (Lipinski definition) is 0. The number of rotatable bonds is 9. The first-order valence-corrected chi connectivity index (χ1v) is 13.8. The average molecular weight is 476 g/mol. The van der Waals surface area contributed by atoms with Crippen LogP contribution in [0, 0.1) is 11.3 Å². The highest BCUT2D eigenvalue weighted by Crippen LogP contribution is 2.47. The first-order valence-electron chi connectivity index (χ1n) is 11.6. The Morgan fingerprint density at radius 2 is 2.19 bits per heavy atom. The largest absolute Gasteiger partial charge is 0.491 e. The van der Waals surface area contributed by atoms with Crippen LogP contribution in [-0.2, 0) is 9.53 Å². The van der Waals surface area contributed by atoms with Crippen LogP contribution in [0.1, 0.15) is 52.9 Å². The van der Waals surface area contributed by atoms with E-state index in [1.54, 1.807) is 11.8 Å². The lowest BCUT2D eigenvalue weighted by molar-refractivity contribution is -0.145. The van der Waals surface area contributed by atoms with Gasteiger partial charge < -0.3 is 14.4 Å². The minimum absolute atomic E-state index is 0.241. The van der Waals surface area contributed by atoms with Gasteiger partial charge in [0.25, 0.3) is 0 Å². The molecule has 0 aromatic heterocycles. The van der Waals surface area contributed by atoms with E-state index in [0.29, 0.717) is 6.61 Å². The zero-order valence-electron chi connectivity index (χ0n) is 20.1. The second-order valence-electron chi connectivity index (χ2n) is 9.12. The third-order valence-corrected chi connectivity index (χ3v) is 8.45. The van der Waals surface area contributed by atoms with Crippen LogP contribution in [-0.4, -0.2) is 38.2 Å². The van der Waals surface area contributed by atoms with Crippen LogP contribution < -0.4 is 9.64 Å². The molecule has 176 valence electrons. The highest BCUT2D eigenvalue weighted by Gasteiger charge is 2.33. The van der Waals surface area contributed by atoms with Gasteiger partial charge in [-0.05, 0) is 56.1 Å². The molecule has 3 rings (SSSR count). The van der Waals surface area contributed by atoms with Gasteiger partial charge in [0.05, 0.1) is 23.6 Å². The van der Waals surface area contributed by atoms with Crippen molar-refractivity contribution in [1.29, 1.82) is 0 Å². The molecule has 0 radical (unpaired) electrons. The van der Waals surface area contributed by atoms with E-state index in [1.165, 1.54) is 42.7 Å². The predicted octanol–water partition coefficient (Wildman–Crippen LogP) is 6.94. The van der Waals surface area contributed by atoms with Gasteiger partial charge in [-0.25, -0.2) is 0 Å². The third-order valence-electron chi connectivity index (χ3n) is 6.22. The number of carbonyl (C=O) groups excluding carboxylic acids is 1. The normalized spacial score (nSPS) is 21.4. The van der Waals surface area contributed by atoms with Gasteiger partial charge >= 0.3 is 5.97 Å². The van der Waals surface area contributed by atoms with Gasteiger partial charge in [0.15, 0.2) is 0 Å². The van der Waals surface area contributed by atoms with Crippen molar-refractivity contribution in [1.82, 2.24) is 0 Å². The number of allylic oxidation sites excluding steroid dienone is 4. The van der Waals surface area contributed by atoms with Gasteiger partial charge in [-0.2, -0.15) is 0 Å². The Morgan fingerprint density at radius 1 is 1.38 bits per heavy atom. The van der Waals surface area contributed by atoms with Crippen molar-refractivity contribution in [2.24, 2.45) is 11.3 Å². The number of hydrogen-bond acceptors (Lipinski definition) is 6. The van der Waals surface area contributed by atoms with Crippen molar-refractivity contribution in [3.63, 3.8) is 0 Å². The van der Waals surface area contributed by atoms with Crippen LogP contribution in [0.2, 0.25) is 0 Å². The minimum atomic E-state index is -0.297. The third kappa shape index (κ3) is 6.07. The lowest BCUT2D eigenvalue weighted by Crippen LogP contribution is -2.36. The van der Waals surface area contributed by atoms with Crippen LogP contribution in [0.15, 0.2) is 45.8 Å². The molecule has 1 aliphatic heterocycles. The van der Waals surface area contributed by atoms with Crippen LogP contribution >= 0.6 is 23.5 Å². The molecule has 0 saturated carbocycles. The maximum atomic E-state index is 11.8. The molecule has 0 spiro atoms. The predicted molar refractivity (Wildman–Crippen MR) is 137 cm³/mol. The molecule has 0 N–H and O–H groups in total.